The van der Waals surface area contributed by atoms with Crippen LogP contribution < -0.4 is 15.4 Å². The highest BCUT2D eigenvalue weighted by molar-refractivity contribution is 6.30. The number of hydrogen-bond acceptors (Lipinski definition) is 8. The summed E-state index contributed by atoms with van der Waals surface area (Å²) in [6, 6.07) is 12.4. The number of carbonyl (C=O) groups is 1. The molecular formula is C25H25ClFN7O3. The molecule has 12 heteroatoms. The number of fused-ring (bicyclic) bond motifs is 1. The van der Waals surface area contributed by atoms with Gasteiger partial charge in [0.05, 0.1) is 31.3 Å². The lowest BCUT2D eigenvalue weighted by Crippen LogP contribution is -2.38. The molecule has 37 heavy (non-hydrogen) atoms. The van der Waals surface area contributed by atoms with E-state index in [0.717, 1.165) is 24.8 Å². The number of H-pyrrole nitrogens is 1. The molecule has 0 atom stereocenters. The van der Waals surface area contributed by atoms with Crippen LogP contribution in [-0.4, -0.2) is 70.4 Å². The van der Waals surface area contributed by atoms with Crippen LogP contribution in [0.2, 0.25) is 5.02 Å². The van der Waals surface area contributed by atoms with Crippen molar-refractivity contribution in [2.24, 2.45) is 0 Å². The van der Waals surface area contributed by atoms with Crippen LogP contribution in [0.3, 0.4) is 0 Å². The zero-order valence-electron chi connectivity index (χ0n) is 19.8. The van der Waals surface area contributed by atoms with E-state index in [4.69, 9.17) is 21.1 Å². The highest BCUT2D eigenvalue weighted by Crippen LogP contribution is 2.27. The van der Waals surface area contributed by atoms with Gasteiger partial charge >= 0.3 is 6.01 Å². The molecule has 2 aromatic heterocycles. The monoisotopic (exact) mass is 525 g/mol. The molecule has 0 aliphatic carbocycles. The molecule has 4 aromatic rings. The minimum Gasteiger partial charge on any atom is -0.462 e. The quantitative estimate of drug-likeness (QED) is 0.302. The van der Waals surface area contributed by atoms with Crippen molar-refractivity contribution in [3.63, 3.8) is 0 Å². The van der Waals surface area contributed by atoms with Crippen molar-refractivity contribution < 1.29 is 18.7 Å². The molecule has 5 rings (SSSR count). The van der Waals surface area contributed by atoms with E-state index in [9.17, 15) is 9.18 Å². The molecule has 1 aliphatic rings. The van der Waals surface area contributed by atoms with Gasteiger partial charge in [-0.2, -0.15) is 10.1 Å². The van der Waals surface area contributed by atoms with Gasteiger partial charge in [0.15, 0.2) is 17.5 Å². The zero-order chi connectivity index (χ0) is 25.6. The number of carbonyl (C=O) groups excluding carboxylic acids is 1. The van der Waals surface area contributed by atoms with E-state index in [2.05, 4.69) is 35.7 Å². The zero-order valence-corrected chi connectivity index (χ0v) is 20.6. The number of aromatic amines is 1. The van der Waals surface area contributed by atoms with Crippen LogP contribution >= 0.6 is 11.6 Å². The number of halogens is 2. The number of rotatable bonds is 9. The first-order valence-corrected chi connectivity index (χ1v) is 12.2. The second kappa shape index (κ2) is 11.5. The minimum absolute atomic E-state index is 0.0208. The molecule has 10 nitrogen and oxygen atoms in total. The summed E-state index contributed by atoms with van der Waals surface area (Å²) < 4.78 is 25.4. The molecule has 0 spiro atoms. The molecule has 0 radical (unpaired) electrons. The van der Waals surface area contributed by atoms with Gasteiger partial charge in [0.25, 0.3) is 0 Å². The van der Waals surface area contributed by atoms with E-state index in [0.29, 0.717) is 53.8 Å². The fourth-order valence-electron chi connectivity index (χ4n) is 3.89. The fraction of sp³-hybridized carbons (Fsp3) is 0.280. The summed E-state index contributed by atoms with van der Waals surface area (Å²) in [5.74, 6) is -0.500. The maximum absolute atomic E-state index is 14.5. The first-order valence-electron chi connectivity index (χ1n) is 11.8. The third-order valence-corrected chi connectivity index (χ3v) is 6.08. The van der Waals surface area contributed by atoms with Gasteiger partial charge in [-0.15, -0.1) is 0 Å². The van der Waals surface area contributed by atoms with E-state index >= 15 is 0 Å². The van der Waals surface area contributed by atoms with Crippen LogP contribution in [0, 0.1) is 5.82 Å². The van der Waals surface area contributed by atoms with Crippen molar-refractivity contribution in [3.8, 4) is 6.01 Å². The largest absolute Gasteiger partial charge is 0.462 e. The van der Waals surface area contributed by atoms with Crippen LogP contribution in [0.5, 0.6) is 6.01 Å². The Morgan fingerprint density at radius 3 is 2.78 bits per heavy atom. The number of anilines is 3. The Hall–Kier alpha value is -3.80. The van der Waals surface area contributed by atoms with E-state index in [1.807, 2.05) is 0 Å². The summed E-state index contributed by atoms with van der Waals surface area (Å²) in [7, 11) is 0. The van der Waals surface area contributed by atoms with E-state index in [1.54, 1.807) is 42.5 Å². The number of amides is 1. The fourth-order valence-corrected chi connectivity index (χ4v) is 4.01. The average Bonchev–Trinajstić information content (AvgIpc) is 3.29. The number of benzene rings is 2. The van der Waals surface area contributed by atoms with Gasteiger partial charge in [0.1, 0.15) is 6.61 Å². The standard InChI is InChI=1S/C25H25ClFN7O3/c26-17-3-1-16(2-4-17)13-22(35)30-23-19-14-18(5-6-21(19)32-33-23)29-24-20(27)15-28-25(31-24)37-12-9-34-7-10-36-11-8-34/h1-6,14-15H,7-13H2,(H,28,29,31)(H2,30,32,33,35). The number of nitrogens with one attached hydrogen (secondary N) is 3. The Bertz CT molecular complexity index is 1380. The predicted molar refractivity (Wildman–Crippen MR) is 138 cm³/mol. The van der Waals surface area contributed by atoms with Crippen LogP contribution in [0.25, 0.3) is 10.9 Å². The summed E-state index contributed by atoms with van der Waals surface area (Å²) in [6.45, 7) is 4.19. The highest BCUT2D eigenvalue weighted by atomic mass is 35.5. The SMILES string of the molecule is O=C(Cc1ccc(Cl)cc1)Nc1n[nH]c2ccc(Nc3nc(OCCN4CCOCC4)ncc3F)cc12. The maximum Gasteiger partial charge on any atom is 0.318 e. The van der Waals surface area contributed by atoms with Gasteiger partial charge < -0.3 is 20.1 Å². The van der Waals surface area contributed by atoms with Crippen LogP contribution in [0.4, 0.5) is 21.7 Å². The first-order chi connectivity index (χ1) is 18.0. The Labute approximate surface area is 217 Å². The van der Waals surface area contributed by atoms with Crippen molar-refractivity contribution in [1.82, 2.24) is 25.1 Å². The summed E-state index contributed by atoms with van der Waals surface area (Å²) in [4.78, 5) is 22.9. The maximum atomic E-state index is 14.5. The number of morpholine rings is 1. The van der Waals surface area contributed by atoms with Crippen molar-refractivity contribution in [2.45, 2.75) is 6.42 Å². The molecule has 0 unspecified atom stereocenters. The van der Waals surface area contributed by atoms with Gasteiger partial charge in [-0.05, 0) is 35.9 Å². The van der Waals surface area contributed by atoms with Crippen molar-refractivity contribution in [1.29, 1.82) is 0 Å². The van der Waals surface area contributed by atoms with Gasteiger partial charge in [-0.3, -0.25) is 14.8 Å². The first kappa shape index (κ1) is 24.9. The highest BCUT2D eigenvalue weighted by Gasteiger charge is 2.14. The van der Waals surface area contributed by atoms with Gasteiger partial charge in [-0.1, -0.05) is 23.7 Å². The van der Waals surface area contributed by atoms with E-state index in [1.165, 1.54) is 0 Å². The molecule has 1 saturated heterocycles. The van der Waals surface area contributed by atoms with Crippen LogP contribution in [0.15, 0.2) is 48.7 Å². The minimum atomic E-state index is -0.621. The summed E-state index contributed by atoms with van der Waals surface area (Å²) in [5, 5.41) is 14.1. The Morgan fingerprint density at radius 2 is 1.97 bits per heavy atom. The molecule has 3 N–H and O–H groups in total. The summed E-state index contributed by atoms with van der Waals surface area (Å²) >= 11 is 5.91. The van der Waals surface area contributed by atoms with Crippen molar-refractivity contribution >= 4 is 45.7 Å². The van der Waals surface area contributed by atoms with Gasteiger partial charge in [0, 0.05) is 35.7 Å². The Balaban J connectivity index is 1.24. The topological polar surface area (TPSA) is 117 Å². The Morgan fingerprint density at radius 1 is 1.16 bits per heavy atom. The molecule has 192 valence electrons. The molecule has 0 saturated carbocycles. The summed E-state index contributed by atoms with van der Waals surface area (Å²) in [6.07, 6.45) is 1.24. The van der Waals surface area contributed by atoms with Gasteiger partial charge in [0.2, 0.25) is 5.91 Å². The van der Waals surface area contributed by atoms with Crippen LogP contribution in [-0.2, 0) is 16.0 Å². The lowest BCUT2D eigenvalue weighted by molar-refractivity contribution is -0.115. The van der Waals surface area contributed by atoms with Gasteiger partial charge in [-0.25, -0.2) is 9.37 Å². The summed E-state index contributed by atoms with van der Waals surface area (Å²) in [5.41, 5.74) is 2.09. The predicted octanol–water partition coefficient (Wildman–Crippen LogP) is 3.78. The number of ether oxygens (including phenoxy) is 2. The molecule has 1 fully saturated rings. The molecular weight excluding hydrogens is 501 g/mol. The van der Waals surface area contributed by atoms with Crippen molar-refractivity contribution in [2.75, 3.05) is 50.1 Å². The molecule has 1 amide bonds. The van der Waals surface area contributed by atoms with Crippen molar-refractivity contribution in [3.05, 3.63) is 65.1 Å². The lowest BCUT2D eigenvalue weighted by Gasteiger charge is -2.26. The normalized spacial score (nSPS) is 14.0. The molecule has 3 heterocycles. The third-order valence-electron chi connectivity index (χ3n) is 5.83. The lowest BCUT2D eigenvalue weighted by atomic mass is 10.1. The number of nitrogens with zero attached hydrogens (tertiary/aromatic N) is 4. The van der Waals surface area contributed by atoms with E-state index in [-0.39, 0.29) is 24.2 Å². The molecule has 2 aromatic carbocycles. The van der Waals surface area contributed by atoms with Crippen LogP contribution in [0.1, 0.15) is 5.56 Å². The second-order valence-electron chi connectivity index (χ2n) is 8.46. The second-order valence-corrected chi connectivity index (χ2v) is 8.90. The third kappa shape index (κ3) is 6.50. The Kier molecular flexibility index (Phi) is 7.73. The molecule has 1 aliphatic heterocycles. The number of aromatic nitrogens is 4. The number of hydrogen-bond donors (Lipinski definition) is 3. The average molecular weight is 526 g/mol. The smallest absolute Gasteiger partial charge is 0.318 e. The molecule has 0 bridgehead atoms. The van der Waals surface area contributed by atoms with E-state index < -0.39 is 5.82 Å².